The van der Waals surface area contributed by atoms with Crippen LogP contribution in [0.1, 0.15) is 31.8 Å². The summed E-state index contributed by atoms with van der Waals surface area (Å²) in [5.74, 6) is 0.102. The van der Waals surface area contributed by atoms with Crippen molar-refractivity contribution in [2.24, 2.45) is 5.73 Å². The number of carbonyl (C=O) groups excluding carboxylic acids is 3. The van der Waals surface area contributed by atoms with Crippen LogP contribution in [0, 0.1) is 13.8 Å². The molecule has 164 valence electrons. The smallest absolute Gasteiger partial charge is 0.276 e. The highest BCUT2D eigenvalue weighted by molar-refractivity contribution is 5.95. The minimum atomic E-state index is -0.518. The third-order valence-electron chi connectivity index (χ3n) is 4.65. The van der Waals surface area contributed by atoms with E-state index in [-0.39, 0.29) is 6.61 Å². The van der Waals surface area contributed by atoms with E-state index < -0.39 is 17.7 Å². The maximum atomic E-state index is 12.2. The lowest BCUT2D eigenvalue weighted by Crippen LogP contribution is -2.43. The molecule has 0 radical (unpaired) electrons. The summed E-state index contributed by atoms with van der Waals surface area (Å²) in [6.45, 7) is 3.71. The summed E-state index contributed by atoms with van der Waals surface area (Å²) in [5, 5.41) is 0. The summed E-state index contributed by atoms with van der Waals surface area (Å²) in [6.07, 6.45) is 0. The molecule has 0 atom stereocenters. The van der Waals surface area contributed by atoms with Gasteiger partial charge in [-0.2, -0.15) is 0 Å². The molecule has 3 aromatic rings. The Labute approximate surface area is 185 Å². The third-order valence-corrected chi connectivity index (χ3v) is 4.65. The minimum absolute atomic E-state index is 0.232. The van der Waals surface area contributed by atoms with E-state index in [4.69, 9.17) is 15.2 Å². The van der Waals surface area contributed by atoms with E-state index >= 15 is 0 Å². The van der Waals surface area contributed by atoms with Crippen molar-refractivity contribution < 1.29 is 23.9 Å². The number of carbonyl (C=O) groups is 3. The summed E-state index contributed by atoms with van der Waals surface area (Å²) >= 11 is 0. The van der Waals surface area contributed by atoms with E-state index in [2.05, 4.69) is 10.9 Å². The van der Waals surface area contributed by atoms with Gasteiger partial charge in [-0.25, -0.2) is 0 Å². The quantitative estimate of drug-likeness (QED) is 0.495. The molecule has 3 aromatic carbocycles. The Morgan fingerprint density at radius 1 is 0.750 bits per heavy atom. The zero-order valence-corrected chi connectivity index (χ0v) is 17.7. The van der Waals surface area contributed by atoms with Gasteiger partial charge in [0.1, 0.15) is 17.2 Å². The Morgan fingerprint density at radius 3 is 1.88 bits per heavy atom. The molecule has 0 aromatic heterocycles. The maximum absolute atomic E-state index is 12.2. The van der Waals surface area contributed by atoms with Crippen molar-refractivity contribution in [2.75, 3.05) is 6.61 Å². The van der Waals surface area contributed by atoms with Gasteiger partial charge >= 0.3 is 0 Å². The molecule has 0 heterocycles. The van der Waals surface area contributed by atoms with Gasteiger partial charge in [0, 0.05) is 11.1 Å². The first-order valence-electron chi connectivity index (χ1n) is 9.79. The van der Waals surface area contributed by atoms with Gasteiger partial charge in [0.2, 0.25) is 5.91 Å². The SMILES string of the molecule is Cc1ccc(OCC(=O)NNC(=O)c2ccc(Oc3ccc(C(N)=O)cc3)cc2)cc1C. The van der Waals surface area contributed by atoms with E-state index in [1.807, 2.05) is 26.0 Å². The Balaban J connectivity index is 1.47. The van der Waals surface area contributed by atoms with Crippen LogP contribution in [-0.4, -0.2) is 24.3 Å². The molecule has 8 nitrogen and oxygen atoms in total. The zero-order chi connectivity index (χ0) is 23.1. The van der Waals surface area contributed by atoms with Crippen LogP contribution in [0.4, 0.5) is 0 Å². The molecule has 0 unspecified atom stereocenters. The van der Waals surface area contributed by atoms with Crippen molar-refractivity contribution in [3.63, 3.8) is 0 Å². The summed E-state index contributed by atoms with van der Waals surface area (Å²) in [5.41, 5.74) is 12.8. The Bertz CT molecular complexity index is 1130. The fourth-order valence-corrected chi connectivity index (χ4v) is 2.68. The van der Waals surface area contributed by atoms with Crippen molar-refractivity contribution in [3.05, 3.63) is 89.0 Å². The number of ether oxygens (including phenoxy) is 2. The van der Waals surface area contributed by atoms with Gasteiger partial charge in [-0.3, -0.25) is 25.2 Å². The van der Waals surface area contributed by atoms with Gasteiger partial charge in [-0.05, 0) is 85.6 Å². The molecule has 32 heavy (non-hydrogen) atoms. The average molecular weight is 433 g/mol. The normalized spacial score (nSPS) is 10.2. The molecule has 0 aliphatic heterocycles. The van der Waals surface area contributed by atoms with Crippen LogP contribution in [-0.2, 0) is 4.79 Å². The monoisotopic (exact) mass is 433 g/mol. The number of rotatable bonds is 7. The highest BCUT2D eigenvalue weighted by Crippen LogP contribution is 2.22. The van der Waals surface area contributed by atoms with Crippen LogP contribution in [0.25, 0.3) is 0 Å². The molecule has 8 heteroatoms. The number of nitrogens with one attached hydrogen (secondary N) is 2. The van der Waals surface area contributed by atoms with Crippen LogP contribution in [0.5, 0.6) is 17.2 Å². The van der Waals surface area contributed by atoms with E-state index in [0.717, 1.165) is 11.1 Å². The fraction of sp³-hybridized carbons (Fsp3) is 0.125. The number of hydrogen-bond acceptors (Lipinski definition) is 5. The standard InChI is InChI=1S/C24H23N3O5/c1-15-3-8-21(13-16(15)2)31-14-22(28)26-27-24(30)18-6-11-20(12-7-18)32-19-9-4-17(5-10-19)23(25)29/h3-13H,14H2,1-2H3,(H2,25,29)(H,26,28)(H,27,30). The predicted octanol–water partition coefficient (Wildman–Crippen LogP) is 3.03. The van der Waals surface area contributed by atoms with Crippen LogP contribution < -0.4 is 26.1 Å². The van der Waals surface area contributed by atoms with Gasteiger partial charge in [0.15, 0.2) is 6.61 Å². The lowest BCUT2D eigenvalue weighted by atomic mass is 10.1. The molecule has 0 bridgehead atoms. The summed E-state index contributed by atoms with van der Waals surface area (Å²) in [4.78, 5) is 35.3. The topological polar surface area (TPSA) is 120 Å². The first-order chi connectivity index (χ1) is 15.3. The highest BCUT2D eigenvalue weighted by Gasteiger charge is 2.09. The Morgan fingerprint density at radius 2 is 1.31 bits per heavy atom. The maximum Gasteiger partial charge on any atom is 0.276 e. The van der Waals surface area contributed by atoms with E-state index in [1.54, 1.807) is 54.6 Å². The van der Waals surface area contributed by atoms with E-state index in [9.17, 15) is 14.4 Å². The highest BCUT2D eigenvalue weighted by atomic mass is 16.5. The number of benzene rings is 3. The first-order valence-corrected chi connectivity index (χ1v) is 9.79. The molecule has 0 fully saturated rings. The molecule has 0 spiro atoms. The van der Waals surface area contributed by atoms with Gasteiger partial charge in [-0.1, -0.05) is 6.07 Å². The van der Waals surface area contributed by atoms with Crippen LogP contribution in [0.15, 0.2) is 66.7 Å². The van der Waals surface area contributed by atoms with Crippen molar-refractivity contribution in [3.8, 4) is 17.2 Å². The van der Waals surface area contributed by atoms with Gasteiger partial charge in [-0.15, -0.1) is 0 Å². The van der Waals surface area contributed by atoms with E-state index in [1.165, 1.54) is 0 Å². The number of nitrogens with two attached hydrogens (primary N) is 1. The Hall–Kier alpha value is -4.33. The second-order valence-electron chi connectivity index (χ2n) is 7.05. The van der Waals surface area contributed by atoms with Crippen LogP contribution in [0.3, 0.4) is 0 Å². The van der Waals surface area contributed by atoms with Gasteiger partial charge in [0.05, 0.1) is 0 Å². The number of hydrazine groups is 1. The summed E-state index contributed by atoms with van der Waals surface area (Å²) in [6, 6.07) is 18.2. The third kappa shape index (κ3) is 6.09. The average Bonchev–Trinajstić information content (AvgIpc) is 2.79. The molecule has 3 rings (SSSR count). The molecule has 4 N–H and O–H groups in total. The second-order valence-corrected chi connectivity index (χ2v) is 7.05. The Kier molecular flexibility index (Phi) is 7.07. The van der Waals surface area contributed by atoms with Crippen molar-refractivity contribution in [1.29, 1.82) is 0 Å². The van der Waals surface area contributed by atoms with Gasteiger partial charge in [0.25, 0.3) is 11.8 Å². The van der Waals surface area contributed by atoms with Crippen LogP contribution >= 0.6 is 0 Å². The summed E-state index contributed by atoms with van der Waals surface area (Å²) < 4.78 is 11.1. The number of amides is 3. The number of aryl methyl sites for hydroxylation is 2. The molecule has 0 saturated carbocycles. The van der Waals surface area contributed by atoms with Crippen molar-refractivity contribution >= 4 is 17.7 Å². The van der Waals surface area contributed by atoms with Gasteiger partial charge < -0.3 is 15.2 Å². The predicted molar refractivity (Wildman–Crippen MR) is 118 cm³/mol. The number of primary amides is 1. The number of hydrogen-bond donors (Lipinski definition) is 3. The lowest BCUT2D eigenvalue weighted by molar-refractivity contribution is -0.123. The zero-order valence-electron chi connectivity index (χ0n) is 17.7. The summed E-state index contributed by atoms with van der Waals surface area (Å²) in [7, 11) is 0. The first kappa shape index (κ1) is 22.4. The molecular weight excluding hydrogens is 410 g/mol. The minimum Gasteiger partial charge on any atom is -0.484 e. The van der Waals surface area contributed by atoms with E-state index in [0.29, 0.717) is 28.4 Å². The van der Waals surface area contributed by atoms with Crippen molar-refractivity contribution in [2.45, 2.75) is 13.8 Å². The lowest BCUT2D eigenvalue weighted by Gasteiger charge is -2.10. The van der Waals surface area contributed by atoms with Crippen LogP contribution in [0.2, 0.25) is 0 Å². The van der Waals surface area contributed by atoms with Crippen molar-refractivity contribution in [1.82, 2.24) is 10.9 Å². The molecule has 0 aliphatic carbocycles. The molecule has 0 saturated heterocycles. The fourth-order valence-electron chi connectivity index (χ4n) is 2.68. The second kappa shape index (κ2) is 10.1. The molecule has 0 aliphatic rings. The molecule has 3 amide bonds. The molecular formula is C24H23N3O5. The largest absolute Gasteiger partial charge is 0.484 e.